The second kappa shape index (κ2) is 24.2. The summed E-state index contributed by atoms with van der Waals surface area (Å²) in [6.45, 7) is 5.60. The molecule has 1 saturated heterocycles. The lowest BCUT2D eigenvalue weighted by Crippen LogP contribution is -2.54. The molecule has 12 nitrogen and oxygen atoms in total. The van der Waals surface area contributed by atoms with Gasteiger partial charge in [-0.05, 0) is 48.9 Å². The fraction of sp³-hybridized carbons (Fsp3) is 0.619. The number of nitrogens with zero attached hydrogens (tertiary/aromatic N) is 2. The van der Waals surface area contributed by atoms with Crippen LogP contribution in [0, 0.1) is 0 Å². The molecule has 0 aliphatic carbocycles. The molecule has 0 saturated carbocycles. The first-order valence-corrected chi connectivity index (χ1v) is 20.2. The highest BCUT2D eigenvalue weighted by molar-refractivity contribution is 5.84. The lowest BCUT2D eigenvalue weighted by atomic mass is 10.0. The molecule has 0 radical (unpaired) electrons. The average molecular weight is 751 g/mol. The molecule has 0 bridgehead atoms. The molecule has 3 amide bonds. The number of fused-ring (bicyclic) bond motifs is 1. The van der Waals surface area contributed by atoms with E-state index in [1.54, 1.807) is 4.90 Å². The number of unbranched alkanes of at least 4 members (excludes halogenated alkanes) is 10. The number of amides is 3. The third-order valence-corrected chi connectivity index (χ3v) is 10.0. The molecule has 0 unspecified atom stereocenters. The zero-order valence-electron chi connectivity index (χ0n) is 32.3. The summed E-state index contributed by atoms with van der Waals surface area (Å²) in [5, 5.41) is 2.88. The van der Waals surface area contributed by atoms with Crippen molar-refractivity contribution in [3.8, 4) is 11.5 Å². The van der Waals surface area contributed by atoms with E-state index in [-0.39, 0.29) is 44.7 Å². The maximum atomic E-state index is 13.6. The zero-order valence-corrected chi connectivity index (χ0v) is 32.3. The Morgan fingerprint density at radius 2 is 1.44 bits per heavy atom. The normalized spacial score (nSPS) is 15.0. The minimum Gasteiger partial charge on any atom is -0.461 e. The summed E-state index contributed by atoms with van der Waals surface area (Å²) in [7, 11) is 0. The predicted molar refractivity (Wildman–Crippen MR) is 207 cm³/mol. The predicted octanol–water partition coefficient (Wildman–Crippen LogP) is 7.01. The van der Waals surface area contributed by atoms with Crippen LogP contribution < -0.4 is 20.5 Å². The smallest absolute Gasteiger partial charge is 0.328 e. The lowest BCUT2D eigenvalue weighted by Gasteiger charge is -2.35. The van der Waals surface area contributed by atoms with Gasteiger partial charge in [-0.15, -0.1) is 0 Å². The van der Waals surface area contributed by atoms with Crippen LogP contribution in [0.1, 0.15) is 121 Å². The van der Waals surface area contributed by atoms with Crippen LogP contribution in [-0.4, -0.2) is 78.8 Å². The minimum atomic E-state index is -1.00. The van der Waals surface area contributed by atoms with Crippen LogP contribution in [0.5, 0.6) is 11.5 Å². The Labute approximate surface area is 321 Å². The van der Waals surface area contributed by atoms with E-state index in [4.69, 9.17) is 24.7 Å². The number of benzene rings is 2. The third kappa shape index (κ3) is 16.0. The topological polar surface area (TPSA) is 150 Å². The monoisotopic (exact) mass is 750 g/mol. The number of piperazine rings is 1. The van der Waals surface area contributed by atoms with Crippen LogP contribution in [-0.2, 0) is 37.0 Å². The molecule has 2 aliphatic heterocycles. The van der Waals surface area contributed by atoms with Crippen LogP contribution in [0.4, 0.5) is 4.79 Å². The molecule has 54 heavy (non-hydrogen) atoms. The van der Waals surface area contributed by atoms with Crippen molar-refractivity contribution in [2.45, 2.75) is 135 Å². The molecule has 2 atom stereocenters. The summed E-state index contributed by atoms with van der Waals surface area (Å²) < 4.78 is 22.2. The molecule has 298 valence electrons. The Morgan fingerprint density at radius 3 is 2.13 bits per heavy atom. The highest BCUT2D eigenvalue weighted by Crippen LogP contribution is 2.33. The maximum Gasteiger partial charge on any atom is 0.328 e. The molecular weight excluding hydrogens is 688 g/mol. The van der Waals surface area contributed by atoms with Gasteiger partial charge in [0.2, 0.25) is 12.7 Å². The van der Waals surface area contributed by atoms with Crippen LogP contribution in [0.25, 0.3) is 0 Å². The van der Waals surface area contributed by atoms with Gasteiger partial charge in [0.1, 0.15) is 18.8 Å². The standard InChI is InChI=1S/C42H62N4O8/c1-2-3-4-5-6-7-8-9-10-11-15-19-35(29-39(43)47)54-41(49)36(20-16-21-40(48)51-31-33-17-13-12-14-18-33)44-42(50)46-26-24-45(25-27-46)30-34-22-23-37-38(28-34)53-32-52-37/h12-14,17-18,22-23,28,35-36H,2-11,15-16,19-21,24-27,29-32H2,1H3,(H2,43,47)(H,44,50)/t35-,36-/m0/s1. The minimum absolute atomic E-state index is 0.0778. The van der Waals surface area contributed by atoms with Crippen molar-refractivity contribution in [2.24, 2.45) is 5.73 Å². The fourth-order valence-electron chi connectivity index (χ4n) is 6.87. The van der Waals surface area contributed by atoms with Gasteiger partial charge >= 0.3 is 18.0 Å². The molecule has 12 heteroatoms. The summed E-state index contributed by atoms with van der Waals surface area (Å²) in [6.07, 6.45) is 13.4. The second-order valence-electron chi connectivity index (χ2n) is 14.5. The third-order valence-electron chi connectivity index (χ3n) is 10.0. The fourth-order valence-corrected chi connectivity index (χ4v) is 6.87. The van der Waals surface area contributed by atoms with Gasteiger partial charge in [-0.2, -0.15) is 0 Å². The summed E-state index contributed by atoms with van der Waals surface area (Å²) in [5.41, 5.74) is 7.53. The first-order chi connectivity index (χ1) is 26.3. The van der Waals surface area contributed by atoms with Crippen molar-refractivity contribution in [2.75, 3.05) is 33.0 Å². The number of urea groups is 1. The molecule has 3 N–H and O–H groups in total. The largest absolute Gasteiger partial charge is 0.461 e. The van der Waals surface area contributed by atoms with Crippen molar-refractivity contribution in [3.63, 3.8) is 0 Å². The highest BCUT2D eigenvalue weighted by atomic mass is 16.7. The van der Waals surface area contributed by atoms with E-state index in [2.05, 4.69) is 17.1 Å². The average Bonchev–Trinajstić information content (AvgIpc) is 3.64. The molecule has 0 spiro atoms. The number of hydrogen-bond donors (Lipinski definition) is 2. The van der Waals surface area contributed by atoms with Crippen molar-refractivity contribution < 1.29 is 38.1 Å². The van der Waals surface area contributed by atoms with E-state index < -0.39 is 24.0 Å². The Morgan fingerprint density at radius 1 is 0.778 bits per heavy atom. The van der Waals surface area contributed by atoms with E-state index in [0.717, 1.165) is 41.9 Å². The van der Waals surface area contributed by atoms with Gasteiger partial charge in [-0.1, -0.05) is 108 Å². The number of primary amides is 1. The zero-order chi connectivity index (χ0) is 38.4. The van der Waals surface area contributed by atoms with Gasteiger partial charge in [0, 0.05) is 39.1 Å². The van der Waals surface area contributed by atoms with Gasteiger partial charge < -0.3 is 34.9 Å². The number of carbonyl (C=O) groups excluding carboxylic acids is 4. The Balaban J connectivity index is 1.25. The quantitative estimate of drug-likeness (QED) is 0.0807. The number of ether oxygens (including phenoxy) is 4. The van der Waals surface area contributed by atoms with Gasteiger partial charge in [0.15, 0.2) is 11.5 Å². The molecule has 0 aromatic heterocycles. The van der Waals surface area contributed by atoms with Crippen molar-refractivity contribution in [1.29, 1.82) is 0 Å². The maximum absolute atomic E-state index is 13.6. The van der Waals surface area contributed by atoms with Crippen molar-refractivity contribution in [3.05, 3.63) is 59.7 Å². The van der Waals surface area contributed by atoms with Gasteiger partial charge in [-0.25, -0.2) is 9.59 Å². The Hall–Kier alpha value is -4.32. The van der Waals surface area contributed by atoms with Crippen LogP contribution in [0.2, 0.25) is 0 Å². The number of carbonyl (C=O) groups is 4. The van der Waals surface area contributed by atoms with Crippen LogP contribution in [0.3, 0.4) is 0 Å². The summed E-state index contributed by atoms with van der Waals surface area (Å²) in [4.78, 5) is 55.6. The number of rotatable bonds is 25. The van der Waals surface area contributed by atoms with E-state index in [1.165, 1.54) is 51.4 Å². The summed E-state index contributed by atoms with van der Waals surface area (Å²) in [5.74, 6) is -0.0795. The Bertz CT molecular complexity index is 1430. The summed E-state index contributed by atoms with van der Waals surface area (Å²) >= 11 is 0. The van der Waals surface area contributed by atoms with E-state index in [0.29, 0.717) is 45.6 Å². The molecular formula is C42H62N4O8. The highest BCUT2D eigenvalue weighted by Gasteiger charge is 2.29. The van der Waals surface area contributed by atoms with Crippen LogP contribution >= 0.6 is 0 Å². The second-order valence-corrected chi connectivity index (χ2v) is 14.5. The molecule has 2 aromatic carbocycles. The lowest BCUT2D eigenvalue weighted by molar-refractivity contribution is -0.153. The molecule has 2 heterocycles. The van der Waals surface area contributed by atoms with Gasteiger partial charge in [0.05, 0.1) is 6.42 Å². The van der Waals surface area contributed by atoms with Crippen molar-refractivity contribution in [1.82, 2.24) is 15.1 Å². The van der Waals surface area contributed by atoms with E-state index in [1.807, 2.05) is 48.5 Å². The van der Waals surface area contributed by atoms with Gasteiger partial charge in [-0.3, -0.25) is 14.5 Å². The SMILES string of the molecule is CCCCCCCCCCCCC[C@@H](CC(N)=O)OC(=O)[C@H](CCCC(=O)OCc1ccccc1)NC(=O)N1CCN(Cc2ccc3c(c2)OCO3)CC1. The number of nitrogens with one attached hydrogen (secondary N) is 1. The van der Waals surface area contributed by atoms with Crippen LogP contribution in [0.15, 0.2) is 48.5 Å². The summed E-state index contributed by atoms with van der Waals surface area (Å²) in [6, 6.07) is 14.0. The molecule has 2 aliphatic rings. The first kappa shape index (κ1) is 42.4. The number of nitrogens with two attached hydrogens (primary N) is 1. The molecule has 2 aromatic rings. The molecule has 1 fully saturated rings. The van der Waals surface area contributed by atoms with Gasteiger partial charge in [0.25, 0.3) is 0 Å². The number of hydrogen-bond acceptors (Lipinski definition) is 9. The first-order valence-electron chi connectivity index (χ1n) is 20.2. The van der Waals surface area contributed by atoms with Crippen molar-refractivity contribution >= 4 is 23.9 Å². The number of esters is 2. The molecule has 4 rings (SSSR count). The van der Waals surface area contributed by atoms with E-state index >= 15 is 0 Å². The Kier molecular flexibility index (Phi) is 19.0. The van der Waals surface area contributed by atoms with E-state index in [9.17, 15) is 19.2 Å².